The van der Waals surface area contributed by atoms with Crippen LogP contribution >= 0.6 is 23.2 Å². The molecule has 162 valence electrons. The summed E-state index contributed by atoms with van der Waals surface area (Å²) >= 11 is 12.8. The highest BCUT2D eigenvalue weighted by molar-refractivity contribution is 6.35. The van der Waals surface area contributed by atoms with Gasteiger partial charge < -0.3 is 9.97 Å². The molecule has 0 atom stereocenters. The standard InChI is InChI=1S/C23H15Cl2N7O/c1-12-8-14(2-4-16(12)24)31-20(6-7-26-31)13-9-17(25)22-21(10-13)32(30-29-22)15-3-5-18-19(11-15)28-23(33)27-18/h2-11H,1H3,(H2,27,28,33). The van der Waals surface area contributed by atoms with Gasteiger partial charge in [0.1, 0.15) is 5.52 Å². The molecule has 0 radical (unpaired) electrons. The van der Waals surface area contributed by atoms with E-state index in [2.05, 4.69) is 25.4 Å². The van der Waals surface area contributed by atoms with Crippen LogP contribution in [-0.2, 0) is 0 Å². The van der Waals surface area contributed by atoms with E-state index in [4.69, 9.17) is 23.2 Å². The van der Waals surface area contributed by atoms with Crippen molar-refractivity contribution in [1.29, 1.82) is 0 Å². The van der Waals surface area contributed by atoms with E-state index in [1.54, 1.807) is 10.9 Å². The van der Waals surface area contributed by atoms with Crippen LogP contribution in [0.25, 0.3) is 44.7 Å². The molecule has 0 unspecified atom stereocenters. The number of imidazole rings is 1. The van der Waals surface area contributed by atoms with Crippen molar-refractivity contribution in [3.63, 3.8) is 0 Å². The smallest absolute Gasteiger partial charge is 0.306 e. The highest BCUT2D eigenvalue weighted by Gasteiger charge is 2.16. The molecule has 0 spiro atoms. The van der Waals surface area contributed by atoms with Crippen LogP contribution in [0.1, 0.15) is 5.56 Å². The highest BCUT2D eigenvalue weighted by Crippen LogP contribution is 2.32. The van der Waals surface area contributed by atoms with Crippen molar-refractivity contribution >= 4 is 45.3 Å². The molecular weight excluding hydrogens is 461 g/mol. The number of aromatic nitrogens is 7. The van der Waals surface area contributed by atoms with E-state index in [1.165, 1.54) is 0 Å². The van der Waals surface area contributed by atoms with Crippen molar-refractivity contribution in [2.45, 2.75) is 6.92 Å². The average molecular weight is 476 g/mol. The number of nitrogens with zero attached hydrogens (tertiary/aromatic N) is 5. The number of H-pyrrole nitrogens is 2. The third-order valence-corrected chi connectivity index (χ3v) is 6.29. The SMILES string of the molecule is Cc1cc(-n2nccc2-c2cc(Cl)c3nnn(-c4ccc5[nH]c(=O)[nH]c5c4)c3c2)ccc1Cl. The van der Waals surface area contributed by atoms with Gasteiger partial charge in [0.2, 0.25) is 0 Å². The fourth-order valence-corrected chi connectivity index (χ4v) is 4.33. The molecule has 33 heavy (non-hydrogen) atoms. The lowest BCUT2D eigenvalue weighted by atomic mass is 10.1. The Hall–Kier alpha value is -3.88. The molecule has 0 aliphatic rings. The Balaban J connectivity index is 1.52. The van der Waals surface area contributed by atoms with Crippen molar-refractivity contribution in [2.24, 2.45) is 0 Å². The second-order valence-corrected chi connectivity index (χ2v) is 8.51. The van der Waals surface area contributed by atoms with Crippen LogP contribution in [0.4, 0.5) is 0 Å². The molecule has 3 heterocycles. The lowest BCUT2D eigenvalue weighted by Crippen LogP contribution is -2.00. The van der Waals surface area contributed by atoms with Gasteiger partial charge >= 0.3 is 5.69 Å². The fraction of sp³-hybridized carbons (Fsp3) is 0.0435. The summed E-state index contributed by atoms with van der Waals surface area (Å²) in [6.07, 6.45) is 1.74. The summed E-state index contributed by atoms with van der Waals surface area (Å²) < 4.78 is 3.54. The molecule has 0 fully saturated rings. The number of benzene rings is 3. The minimum Gasteiger partial charge on any atom is -0.306 e. The maximum absolute atomic E-state index is 11.6. The average Bonchev–Trinajstić information content (AvgIpc) is 3.52. The van der Waals surface area contributed by atoms with Crippen molar-refractivity contribution < 1.29 is 0 Å². The summed E-state index contributed by atoms with van der Waals surface area (Å²) in [5, 5.41) is 14.3. The van der Waals surface area contributed by atoms with Gasteiger partial charge in [-0.3, -0.25) is 0 Å². The second-order valence-electron chi connectivity index (χ2n) is 7.70. The van der Waals surface area contributed by atoms with Gasteiger partial charge in [-0.05, 0) is 67.1 Å². The number of hydrogen-bond acceptors (Lipinski definition) is 4. The van der Waals surface area contributed by atoms with E-state index in [0.717, 1.165) is 33.7 Å². The van der Waals surface area contributed by atoms with Gasteiger partial charge in [0.15, 0.2) is 0 Å². The monoisotopic (exact) mass is 475 g/mol. The van der Waals surface area contributed by atoms with E-state index >= 15 is 0 Å². The molecule has 6 aromatic rings. The summed E-state index contributed by atoms with van der Waals surface area (Å²) in [5.41, 5.74) is 6.76. The number of nitrogens with one attached hydrogen (secondary N) is 2. The Kier molecular flexibility index (Phi) is 4.39. The Morgan fingerprint density at radius 3 is 2.48 bits per heavy atom. The normalized spacial score (nSPS) is 11.6. The molecule has 0 amide bonds. The zero-order valence-corrected chi connectivity index (χ0v) is 18.7. The topological polar surface area (TPSA) is 97.2 Å². The van der Waals surface area contributed by atoms with Crippen LogP contribution in [0.15, 0.2) is 65.6 Å². The van der Waals surface area contributed by atoms with Gasteiger partial charge in [0.25, 0.3) is 0 Å². The molecule has 0 saturated carbocycles. The summed E-state index contributed by atoms with van der Waals surface area (Å²) in [4.78, 5) is 17.1. The first-order valence-electron chi connectivity index (χ1n) is 10.1. The number of halogens is 2. The first-order valence-corrected chi connectivity index (χ1v) is 10.8. The zero-order chi connectivity index (χ0) is 22.7. The molecule has 3 aromatic carbocycles. The van der Waals surface area contributed by atoms with Crippen LogP contribution in [0.5, 0.6) is 0 Å². The number of rotatable bonds is 3. The summed E-state index contributed by atoms with van der Waals surface area (Å²) in [5.74, 6) is 0. The number of fused-ring (bicyclic) bond motifs is 2. The van der Waals surface area contributed by atoms with Gasteiger partial charge in [-0.2, -0.15) is 5.10 Å². The Morgan fingerprint density at radius 1 is 0.848 bits per heavy atom. The number of aromatic amines is 2. The Morgan fingerprint density at radius 2 is 1.64 bits per heavy atom. The molecular formula is C23H15Cl2N7O. The number of aryl methyl sites for hydroxylation is 1. The lowest BCUT2D eigenvalue weighted by Gasteiger charge is -2.10. The predicted molar refractivity (Wildman–Crippen MR) is 129 cm³/mol. The molecule has 3 aromatic heterocycles. The lowest BCUT2D eigenvalue weighted by molar-refractivity contribution is 0.825. The molecule has 0 saturated heterocycles. The fourth-order valence-electron chi connectivity index (χ4n) is 3.96. The largest absolute Gasteiger partial charge is 0.323 e. The predicted octanol–water partition coefficient (Wildman–Crippen LogP) is 5.06. The first kappa shape index (κ1) is 19.8. The molecule has 0 aliphatic heterocycles. The van der Waals surface area contributed by atoms with E-state index in [0.29, 0.717) is 26.6 Å². The summed E-state index contributed by atoms with van der Waals surface area (Å²) in [7, 11) is 0. The van der Waals surface area contributed by atoms with Crippen molar-refractivity contribution in [2.75, 3.05) is 0 Å². The molecule has 10 heteroatoms. The maximum Gasteiger partial charge on any atom is 0.323 e. The molecule has 6 rings (SSSR count). The van der Waals surface area contributed by atoms with E-state index in [9.17, 15) is 4.79 Å². The van der Waals surface area contributed by atoms with Crippen LogP contribution in [0.2, 0.25) is 10.0 Å². The minimum atomic E-state index is -0.262. The van der Waals surface area contributed by atoms with Crippen LogP contribution in [-0.4, -0.2) is 34.7 Å². The highest BCUT2D eigenvalue weighted by atomic mass is 35.5. The van der Waals surface area contributed by atoms with E-state index < -0.39 is 0 Å². The third kappa shape index (κ3) is 3.23. The van der Waals surface area contributed by atoms with Gasteiger partial charge in [-0.25, -0.2) is 14.2 Å². The molecule has 0 aliphatic carbocycles. The van der Waals surface area contributed by atoms with Crippen LogP contribution in [0.3, 0.4) is 0 Å². The summed E-state index contributed by atoms with van der Waals surface area (Å²) in [6.45, 7) is 1.96. The van der Waals surface area contributed by atoms with Crippen LogP contribution in [0, 0.1) is 6.92 Å². The summed E-state index contributed by atoms with van der Waals surface area (Å²) in [6, 6.07) is 17.0. The number of hydrogen-bond donors (Lipinski definition) is 2. The maximum atomic E-state index is 11.6. The Labute approximate surface area is 196 Å². The van der Waals surface area contributed by atoms with Crippen LogP contribution < -0.4 is 5.69 Å². The second kappa shape index (κ2) is 7.33. The van der Waals surface area contributed by atoms with Crippen molar-refractivity contribution in [1.82, 2.24) is 34.7 Å². The first-order chi connectivity index (χ1) is 16.0. The Bertz CT molecular complexity index is 1740. The molecule has 2 N–H and O–H groups in total. The zero-order valence-electron chi connectivity index (χ0n) is 17.2. The van der Waals surface area contributed by atoms with E-state index in [1.807, 2.05) is 66.2 Å². The minimum absolute atomic E-state index is 0.262. The molecule has 0 bridgehead atoms. The van der Waals surface area contributed by atoms with Gasteiger partial charge in [0, 0.05) is 10.6 Å². The van der Waals surface area contributed by atoms with Gasteiger partial charge in [0.05, 0.1) is 44.8 Å². The van der Waals surface area contributed by atoms with E-state index in [-0.39, 0.29) is 5.69 Å². The van der Waals surface area contributed by atoms with Gasteiger partial charge in [-0.15, -0.1) is 5.10 Å². The van der Waals surface area contributed by atoms with Crippen molar-refractivity contribution in [3.05, 3.63) is 86.9 Å². The van der Waals surface area contributed by atoms with Crippen molar-refractivity contribution in [3.8, 4) is 22.6 Å². The quantitative estimate of drug-likeness (QED) is 0.373. The van der Waals surface area contributed by atoms with Gasteiger partial charge in [-0.1, -0.05) is 28.4 Å². The third-order valence-electron chi connectivity index (χ3n) is 5.57. The molecule has 8 nitrogen and oxygen atoms in total.